The predicted octanol–water partition coefficient (Wildman–Crippen LogP) is 15.0. The van der Waals surface area contributed by atoms with Crippen LogP contribution in [0.5, 0.6) is 0 Å². The van der Waals surface area contributed by atoms with Crippen molar-refractivity contribution in [1.29, 1.82) is 0 Å². The minimum atomic E-state index is 1.01. The fraction of sp³-hybridized carbons (Fsp3) is 0.0357. The summed E-state index contributed by atoms with van der Waals surface area (Å²) in [6.45, 7) is 0. The van der Waals surface area contributed by atoms with Crippen molar-refractivity contribution < 1.29 is 0 Å². The van der Waals surface area contributed by atoms with E-state index in [1.165, 1.54) is 121 Å². The summed E-state index contributed by atoms with van der Waals surface area (Å²) in [6, 6.07) is 72.4. The van der Waals surface area contributed by atoms with Gasteiger partial charge in [0.25, 0.3) is 0 Å². The molecule has 0 saturated heterocycles. The van der Waals surface area contributed by atoms with Crippen molar-refractivity contribution in [2.75, 3.05) is 0 Å². The fourth-order valence-corrected chi connectivity index (χ4v) is 10.0. The second-order valence-electron chi connectivity index (χ2n) is 15.5. The standard InChI is InChI=1S/C56H36/c1-3-19-43-35(12-1)14-11-25-44(43)38-16-10-18-42(31-38)56-50-23-7-5-21-48(50)55(49-22-6-8-24-51(49)56)41-17-9-15-36(30-41)37-26-27-40-34-54-47(52(40)32-37)29-28-46-45-20-4-2-13-39(45)33-53(46)54/h1-32H,33-34H2. The van der Waals surface area contributed by atoms with Crippen molar-refractivity contribution >= 4 is 32.3 Å². The van der Waals surface area contributed by atoms with Crippen LogP contribution in [0.15, 0.2) is 194 Å². The lowest BCUT2D eigenvalue weighted by molar-refractivity contribution is 1.16. The van der Waals surface area contributed by atoms with E-state index in [9.17, 15) is 0 Å². The Balaban J connectivity index is 0.987. The van der Waals surface area contributed by atoms with Crippen LogP contribution >= 0.6 is 0 Å². The number of fused-ring (bicyclic) bond motifs is 10. The highest BCUT2D eigenvalue weighted by molar-refractivity contribution is 6.21. The zero-order chi connectivity index (χ0) is 36.7. The summed E-state index contributed by atoms with van der Waals surface area (Å²) < 4.78 is 0. The minimum absolute atomic E-state index is 1.01. The first-order valence-electron chi connectivity index (χ1n) is 19.8. The topological polar surface area (TPSA) is 0 Å². The van der Waals surface area contributed by atoms with Crippen LogP contribution in [0.2, 0.25) is 0 Å². The van der Waals surface area contributed by atoms with Crippen LogP contribution in [0.4, 0.5) is 0 Å². The monoisotopic (exact) mass is 708 g/mol. The molecule has 0 nitrogen and oxygen atoms in total. The SMILES string of the molecule is c1cc(-c2ccc3c(c2)-c2ccc4c(c2C3)Cc2ccccc2-4)cc(-c2c3ccccc3c(-c3cccc(-c4cccc5ccccc45)c3)c3ccccc23)c1. The summed E-state index contributed by atoms with van der Waals surface area (Å²) in [5.41, 5.74) is 21.6. The summed E-state index contributed by atoms with van der Waals surface area (Å²) in [4.78, 5) is 0. The van der Waals surface area contributed by atoms with Crippen molar-refractivity contribution in [1.82, 2.24) is 0 Å². The number of rotatable bonds is 4. The van der Waals surface area contributed by atoms with Gasteiger partial charge in [-0.2, -0.15) is 0 Å². The Morgan fingerprint density at radius 2 is 0.714 bits per heavy atom. The van der Waals surface area contributed by atoms with Gasteiger partial charge in [-0.05, 0) is 152 Å². The van der Waals surface area contributed by atoms with E-state index in [1.54, 1.807) is 0 Å². The van der Waals surface area contributed by atoms with Gasteiger partial charge in [-0.15, -0.1) is 0 Å². The summed E-state index contributed by atoms with van der Waals surface area (Å²) in [7, 11) is 0. The molecular weight excluding hydrogens is 673 g/mol. The van der Waals surface area contributed by atoms with Gasteiger partial charge in [-0.25, -0.2) is 0 Å². The summed E-state index contributed by atoms with van der Waals surface area (Å²) >= 11 is 0. The lowest BCUT2D eigenvalue weighted by Crippen LogP contribution is -1.92. The molecule has 56 heavy (non-hydrogen) atoms. The quantitative estimate of drug-likeness (QED) is 0.160. The second-order valence-corrected chi connectivity index (χ2v) is 15.5. The Labute approximate surface area is 327 Å². The molecule has 2 aliphatic carbocycles. The van der Waals surface area contributed by atoms with Crippen LogP contribution in [0.3, 0.4) is 0 Å². The molecule has 0 radical (unpaired) electrons. The van der Waals surface area contributed by atoms with Crippen LogP contribution in [0, 0.1) is 0 Å². The van der Waals surface area contributed by atoms with Gasteiger partial charge in [-0.3, -0.25) is 0 Å². The number of hydrogen-bond acceptors (Lipinski definition) is 0. The molecule has 0 spiro atoms. The summed E-state index contributed by atoms with van der Waals surface area (Å²) in [5, 5.41) is 7.62. The van der Waals surface area contributed by atoms with Gasteiger partial charge < -0.3 is 0 Å². The molecule has 2 aliphatic rings. The Morgan fingerprint density at radius 1 is 0.250 bits per heavy atom. The lowest BCUT2D eigenvalue weighted by Gasteiger charge is -2.19. The van der Waals surface area contributed by atoms with Crippen molar-refractivity contribution in [2.24, 2.45) is 0 Å². The molecule has 260 valence electrons. The van der Waals surface area contributed by atoms with Crippen LogP contribution in [-0.2, 0) is 12.8 Å². The predicted molar refractivity (Wildman–Crippen MR) is 237 cm³/mol. The van der Waals surface area contributed by atoms with Crippen molar-refractivity contribution in [3.8, 4) is 66.8 Å². The van der Waals surface area contributed by atoms with E-state index >= 15 is 0 Å². The van der Waals surface area contributed by atoms with Crippen LogP contribution in [0.25, 0.3) is 99.1 Å². The summed E-state index contributed by atoms with van der Waals surface area (Å²) in [5.74, 6) is 0. The number of benzene rings is 10. The Hall–Kier alpha value is -7.02. The minimum Gasteiger partial charge on any atom is -0.0619 e. The molecule has 12 rings (SSSR count). The Kier molecular flexibility index (Phi) is 6.86. The molecule has 10 aromatic rings. The smallest absolute Gasteiger partial charge is 0.00104 e. The van der Waals surface area contributed by atoms with E-state index in [4.69, 9.17) is 0 Å². The third kappa shape index (κ3) is 4.73. The molecule has 0 unspecified atom stereocenters. The third-order valence-corrected chi connectivity index (χ3v) is 12.5. The average Bonchev–Trinajstić information content (AvgIpc) is 3.84. The van der Waals surface area contributed by atoms with Crippen molar-refractivity contribution in [3.63, 3.8) is 0 Å². The fourth-order valence-electron chi connectivity index (χ4n) is 10.0. The molecule has 0 heteroatoms. The largest absolute Gasteiger partial charge is 0.0619 e. The molecule has 0 amide bonds. The van der Waals surface area contributed by atoms with E-state index < -0.39 is 0 Å². The van der Waals surface area contributed by atoms with Gasteiger partial charge in [-0.1, -0.05) is 176 Å². The van der Waals surface area contributed by atoms with Crippen LogP contribution in [0.1, 0.15) is 22.3 Å². The zero-order valence-electron chi connectivity index (χ0n) is 30.9. The van der Waals surface area contributed by atoms with Crippen LogP contribution < -0.4 is 0 Å². The van der Waals surface area contributed by atoms with Crippen molar-refractivity contribution in [2.45, 2.75) is 12.8 Å². The molecule has 0 bridgehead atoms. The van der Waals surface area contributed by atoms with Crippen LogP contribution in [-0.4, -0.2) is 0 Å². The lowest BCUT2D eigenvalue weighted by atomic mass is 9.84. The average molecular weight is 709 g/mol. The van der Waals surface area contributed by atoms with Gasteiger partial charge in [0.05, 0.1) is 0 Å². The highest BCUT2D eigenvalue weighted by atomic mass is 14.3. The molecule has 0 heterocycles. The second kappa shape index (κ2) is 12.2. The molecular formula is C56H36. The van der Waals surface area contributed by atoms with E-state index in [-0.39, 0.29) is 0 Å². The maximum Gasteiger partial charge on any atom is -0.00104 e. The Morgan fingerprint density at radius 3 is 1.41 bits per heavy atom. The zero-order valence-corrected chi connectivity index (χ0v) is 30.9. The van der Waals surface area contributed by atoms with Gasteiger partial charge >= 0.3 is 0 Å². The molecule has 0 aliphatic heterocycles. The van der Waals surface area contributed by atoms with Gasteiger partial charge in [0.2, 0.25) is 0 Å². The highest BCUT2D eigenvalue weighted by Gasteiger charge is 2.28. The van der Waals surface area contributed by atoms with Gasteiger partial charge in [0.1, 0.15) is 0 Å². The first-order chi connectivity index (χ1) is 27.8. The van der Waals surface area contributed by atoms with E-state index in [2.05, 4.69) is 194 Å². The molecule has 10 aromatic carbocycles. The normalized spacial score (nSPS) is 12.5. The number of hydrogen-bond donors (Lipinski definition) is 0. The first kappa shape index (κ1) is 31.3. The van der Waals surface area contributed by atoms with E-state index in [0.29, 0.717) is 0 Å². The Bertz CT molecular complexity index is 3190. The molecule has 0 atom stereocenters. The van der Waals surface area contributed by atoms with E-state index in [1.807, 2.05) is 0 Å². The van der Waals surface area contributed by atoms with Gasteiger partial charge in [0, 0.05) is 0 Å². The van der Waals surface area contributed by atoms with Crippen molar-refractivity contribution in [3.05, 3.63) is 216 Å². The summed E-state index contributed by atoms with van der Waals surface area (Å²) in [6.07, 6.45) is 2.05. The van der Waals surface area contributed by atoms with E-state index in [0.717, 1.165) is 12.8 Å². The maximum atomic E-state index is 2.44. The molecule has 0 N–H and O–H groups in total. The maximum absolute atomic E-state index is 2.44. The van der Waals surface area contributed by atoms with Gasteiger partial charge in [0.15, 0.2) is 0 Å². The third-order valence-electron chi connectivity index (χ3n) is 12.5. The highest BCUT2D eigenvalue weighted by Crippen LogP contribution is 2.48. The molecule has 0 saturated carbocycles. The molecule has 0 aromatic heterocycles. The first-order valence-corrected chi connectivity index (χ1v) is 19.8. The molecule has 0 fully saturated rings.